The van der Waals surface area contributed by atoms with Gasteiger partial charge in [-0.2, -0.15) is 0 Å². The average molecular weight is 713 g/mol. The van der Waals surface area contributed by atoms with E-state index >= 15 is 0 Å². The molecule has 0 radical (unpaired) electrons. The summed E-state index contributed by atoms with van der Waals surface area (Å²) in [7, 11) is -4.59. The van der Waals surface area contributed by atoms with Gasteiger partial charge in [-0.25, -0.2) is 9.36 Å². The summed E-state index contributed by atoms with van der Waals surface area (Å²) in [5.41, 5.74) is 4.05. The number of aromatic nitrogens is 1. The van der Waals surface area contributed by atoms with Gasteiger partial charge >= 0.3 is 13.8 Å². The highest BCUT2D eigenvalue weighted by atomic mass is 35.5. The lowest BCUT2D eigenvalue weighted by atomic mass is 9.59. The van der Waals surface area contributed by atoms with Crippen LogP contribution in [0.3, 0.4) is 0 Å². The van der Waals surface area contributed by atoms with Gasteiger partial charge in [0.2, 0.25) is 0 Å². The number of nitrogens with zero attached hydrogens (tertiary/aromatic N) is 1. The van der Waals surface area contributed by atoms with Crippen LogP contribution in [0, 0.1) is 11.8 Å². The van der Waals surface area contributed by atoms with Gasteiger partial charge in [0.1, 0.15) is 23.6 Å². The number of aliphatic carboxylic acids is 1. The Hall–Kier alpha value is -3.14. The molecule has 0 aliphatic heterocycles. The number of fused-ring (bicyclic) bond motifs is 3. The summed E-state index contributed by atoms with van der Waals surface area (Å²) in [4.78, 5) is 35.6. The third kappa shape index (κ3) is 7.94. The van der Waals surface area contributed by atoms with E-state index in [9.17, 15) is 14.5 Å². The Bertz CT molecular complexity index is 1710. The molecular weight excluding hydrogens is 667 g/mol. The summed E-state index contributed by atoms with van der Waals surface area (Å²) in [6.07, 6.45) is 9.09. The summed E-state index contributed by atoms with van der Waals surface area (Å²) in [5.74, 6) is 1.58. The van der Waals surface area contributed by atoms with Crippen LogP contribution in [-0.4, -0.2) is 51.2 Å². The molecule has 3 aliphatic rings. The number of phosphoric acid groups is 1. The Kier molecular flexibility index (Phi) is 10.6. The van der Waals surface area contributed by atoms with Crippen LogP contribution in [0.4, 0.5) is 5.69 Å². The maximum Gasteiger partial charge on any atom is 0.469 e. The molecule has 10 nitrogen and oxygen atoms in total. The number of nitrogens with one attached hydrogen (secondary N) is 1. The lowest BCUT2D eigenvalue weighted by molar-refractivity contribution is -0.144. The second-order valence-corrected chi connectivity index (χ2v) is 15.9. The summed E-state index contributed by atoms with van der Waals surface area (Å²) in [5, 5.41) is 14.4. The fraction of sp³-hybridized carbons (Fsp3) is 0.514. The molecule has 1 saturated carbocycles. The van der Waals surface area contributed by atoms with Gasteiger partial charge in [-0.1, -0.05) is 37.6 Å². The van der Waals surface area contributed by atoms with E-state index in [4.69, 9.17) is 30.9 Å². The number of carboxylic acids is 1. The number of benzene rings is 2. The molecule has 1 spiro atoms. The number of carbonyl (C=O) groups is 1. The van der Waals surface area contributed by atoms with Gasteiger partial charge < -0.3 is 29.7 Å². The summed E-state index contributed by atoms with van der Waals surface area (Å²) < 4.78 is 28.1. The van der Waals surface area contributed by atoms with Crippen molar-refractivity contribution in [3.63, 3.8) is 0 Å². The predicted molar refractivity (Wildman–Crippen MR) is 188 cm³/mol. The quantitative estimate of drug-likeness (QED) is 0.103. The summed E-state index contributed by atoms with van der Waals surface area (Å²) in [6, 6.07) is 15.2. The zero-order chi connectivity index (χ0) is 34.8. The largest absolute Gasteiger partial charge is 0.493 e. The van der Waals surface area contributed by atoms with Crippen LogP contribution >= 0.6 is 19.4 Å². The van der Waals surface area contributed by atoms with Crippen LogP contribution in [0.5, 0.6) is 11.5 Å². The number of phosphoric ester groups is 1. The highest BCUT2D eigenvalue weighted by Gasteiger charge is 2.54. The van der Waals surface area contributed by atoms with Crippen molar-refractivity contribution in [1.29, 1.82) is 0 Å². The molecule has 6 rings (SSSR count). The van der Waals surface area contributed by atoms with Crippen LogP contribution in [0.2, 0.25) is 5.02 Å². The molecule has 4 N–H and O–H groups in total. The van der Waals surface area contributed by atoms with Crippen molar-refractivity contribution in [1.82, 2.24) is 4.98 Å². The van der Waals surface area contributed by atoms with Crippen molar-refractivity contribution >= 4 is 31.1 Å². The number of pyridine rings is 1. The molecule has 49 heavy (non-hydrogen) atoms. The first kappa shape index (κ1) is 35.7. The van der Waals surface area contributed by atoms with Crippen molar-refractivity contribution in [2.45, 2.75) is 88.5 Å². The van der Waals surface area contributed by atoms with Crippen molar-refractivity contribution in [2.24, 2.45) is 11.8 Å². The molecule has 1 aromatic heterocycles. The van der Waals surface area contributed by atoms with Gasteiger partial charge in [-0.05, 0) is 128 Å². The lowest BCUT2D eigenvalue weighted by Gasteiger charge is -2.47. The molecule has 12 heteroatoms. The SMILES string of the molecule is C[C@@H](COc1ccnc2c1[C@H](C)CCC2)CC1Cc2ccc(OCCOP(=O)(O)O)cc2C12CCC(Nc1cccc(Cl)c1)(C(=O)O)CC2. The fourth-order valence-electron chi connectivity index (χ4n) is 8.48. The summed E-state index contributed by atoms with van der Waals surface area (Å²) in [6.45, 7) is 4.80. The number of carboxylic acid groups (broad SMARTS) is 1. The van der Waals surface area contributed by atoms with Crippen molar-refractivity contribution < 1.29 is 38.3 Å². The zero-order valence-corrected chi connectivity index (χ0v) is 29.7. The number of hydrogen-bond acceptors (Lipinski definition) is 7. The van der Waals surface area contributed by atoms with Crippen LogP contribution in [0.1, 0.15) is 87.1 Å². The Balaban J connectivity index is 1.22. The number of ether oxygens (including phenoxy) is 2. The topological polar surface area (TPSA) is 147 Å². The Morgan fingerprint density at radius 3 is 2.63 bits per heavy atom. The Labute approximate surface area is 292 Å². The highest BCUT2D eigenvalue weighted by Crippen LogP contribution is 2.57. The second kappa shape index (κ2) is 14.6. The van der Waals surface area contributed by atoms with Crippen molar-refractivity contribution in [3.8, 4) is 11.5 Å². The van der Waals surface area contributed by atoms with Crippen molar-refractivity contribution in [2.75, 3.05) is 25.1 Å². The molecule has 3 aromatic rings. The number of hydrogen-bond donors (Lipinski definition) is 4. The minimum absolute atomic E-state index is 0.0162. The Morgan fingerprint density at radius 1 is 1.10 bits per heavy atom. The van der Waals surface area contributed by atoms with Gasteiger partial charge in [0, 0.05) is 28.2 Å². The molecule has 1 heterocycles. The minimum atomic E-state index is -4.59. The van der Waals surface area contributed by atoms with E-state index < -0.39 is 19.3 Å². The monoisotopic (exact) mass is 712 g/mol. The lowest BCUT2D eigenvalue weighted by Crippen LogP contribution is -2.53. The van der Waals surface area contributed by atoms with Crippen LogP contribution in [0.25, 0.3) is 0 Å². The van der Waals surface area contributed by atoms with E-state index in [0.29, 0.717) is 54.7 Å². The second-order valence-electron chi connectivity index (χ2n) is 14.2. The molecule has 3 aliphatic carbocycles. The van der Waals surface area contributed by atoms with E-state index in [0.717, 1.165) is 49.1 Å². The molecule has 1 unspecified atom stereocenters. The van der Waals surface area contributed by atoms with Gasteiger partial charge in [-0.15, -0.1) is 0 Å². The van der Waals surface area contributed by atoms with Gasteiger partial charge in [0.15, 0.2) is 0 Å². The first-order chi connectivity index (χ1) is 23.4. The number of anilines is 1. The third-order valence-electron chi connectivity index (χ3n) is 10.9. The average Bonchev–Trinajstić information content (AvgIpc) is 3.34. The summed E-state index contributed by atoms with van der Waals surface area (Å²) >= 11 is 6.24. The predicted octanol–water partition coefficient (Wildman–Crippen LogP) is 7.69. The smallest absolute Gasteiger partial charge is 0.469 e. The minimum Gasteiger partial charge on any atom is -0.493 e. The number of halogens is 1. The number of aryl methyl sites for hydroxylation is 1. The molecular formula is C37H46ClN2O8P. The molecule has 1 fully saturated rings. The standard InChI is InChI=1S/C37H46ClN2O8P/c1-24(23-47-33-11-16-39-32-8-3-5-25(2)34(32)33)19-27-20-26-9-10-30(46-17-18-48-49(43,44)45)22-31(26)36(27)12-14-37(15-13-36,35(41)42)40-29-7-4-6-28(38)21-29/h4,6-7,9-11,16,21-22,24-25,27,40H,3,5,8,12-15,17-20,23H2,1-2H3,(H,41,42)(H2,43,44,45)/t24-,25-,27?,36?,37?/m1/s1. The third-order valence-corrected chi connectivity index (χ3v) is 11.6. The molecule has 0 bridgehead atoms. The number of rotatable bonds is 13. The van der Waals surface area contributed by atoms with E-state index in [-0.39, 0.29) is 30.5 Å². The fourth-order valence-corrected chi connectivity index (χ4v) is 8.98. The van der Waals surface area contributed by atoms with Crippen molar-refractivity contribution in [3.05, 3.63) is 82.1 Å². The van der Waals surface area contributed by atoms with Gasteiger partial charge in [0.05, 0.1) is 13.2 Å². The molecule has 2 aromatic carbocycles. The molecule has 0 amide bonds. The first-order valence-electron chi connectivity index (χ1n) is 17.2. The van der Waals surface area contributed by atoms with Crippen LogP contribution < -0.4 is 14.8 Å². The van der Waals surface area contributed by atoms with E-state index in [1.165, 1.54) is 11.1 Å². The van der Waals surface area contributed by atoms with Crippen LogP contribution in [-0.2, 0) is 32.1 Å². The normalized spacial score (nSPS) is 25.3. The van der Waals surface area contributed by atoms with Crippen LogP contribution in [0.15, 0.2) is 54.7 Å². The maximum absolute atomic E-state index is 12.9. The highest BCUT2D eigenvalue weighted by molar-refractivity contribution is 7.46. The first-order valence-corrected chi connectivity index (χ1v) is 19.1. The van der Waals surface area contributed by atoms with E-state index in [1.807, 2.05) is 36.5 Å². The molecule has 264 valence electrons. The van der Waals surface area contributed by atoms with E-state index in [1.54, 1.807) is 12.1 Å². The molecule has 3 atom stereocenters. The van der Waals surface area contributed by atoms with Gasteiger partial charge in [-0.3, -0.25) is 9.51 Å². The maximum atomic E-state index is 12.9. The zero-order valence-electron chi connectivity index (χ0n) is 28.1. The molecule has 0 saturated heterocycles. The van der Waals surface area contributed by atoms with E-state index in [2.05, 4.69) is 34.7 Å². The Morgan fingerprint density at radius 2 is 1.90 bits per heavy atom. The van der Waals surface area contributed by atoms with Gasteiger partial charge in [0.25, 0.3) is 0 Å².